The lowest BCUT2D eigenvalue weighted by molar-refractivity contribution is -0.124. The molecular formula is C16H34Cl2N4O. The van der Waals surface area contributed by atoms with Crippen molar-refractivity contribution in [3.63, 3.8) is 0 Å². The maximum absolute atomic E-state index is 12.2. The first kappa shape index (κ1) is 22.9. The van der Waals surface area contributed by atoms with Crippen molar-refractivity contribution in [3.05, 3.63) is 0 Å². The van der Waals surface area contributed by atoms with E-state index < -0.39 is 0 Å². The number of nitrogens with one attached hydrogen (secondary N) is 1. The van der Waals surface area contributed by atoms with Crippen LogP contribution < -0.4 is 11.1 Å². The van der Waals surface area contributed by atoms with Crippen molar-refractivity contribution in [2.75, 3.05) is 39.3 Å². The zero-order valence-electron chi connectivity index (χ0n) is 14.7. The van der Waals surface area contributed by atoms with Gasteiger partial charge in [0, 0.05) is 38.3 Å². The van der Waals surface area contributed by atoms with Crippen LogP contribution >= 0.6 is 24.8 Å². The monoisotopic (exact) mass is 368 g/mol. The minimum absolute atomic E-state index is 0. The Labute approximate surface area is 153 Å². The third kappa shape index (κ3) is 6.75. The summed E-state index contributed by atoms with van der Waals surface area (Å²) in [4.78, 5) is 16.9. The van der Waals surface area contributed by atoms with E-state index >= 15 is 0 Å². The lowest BCUT2D eigenvalue weighted by Crippen LogP contribution is -2.55. The number of hydrogen-bond acceptors (Lipinski definition) is 4. The van der Waals surface area contributed by atoms with Crippen molar-refractivity contribution >= 4 is 30.7 Å². The van der Waals surface area contributed by atoms with Crippen LogP contribution in [0.4, 0.5) is 0 Å². The first-order chi connectivity index (χ1) is 9.90. The third-order valence-corrected chi connectivity index (χ3v) is 5.16. The van der Waals surface area contributed by atoms with Crippen molar-refractivity contribution in [1.29, 1.82) is 0 Å². The summed E-state index contributed by atoms with van der Waals surface area (Å²) >= 11 is 0. The second kappa shape index (κ2) is 10.0. The van der Waals surface area contributed by atoms with E-state index in [1.807, 2.05) is 0 Å². The molecule has 0 radical (unpaired) electrons. The largest absolute Gasteiger partial charge is 0.352 e. The van der Waals surface area contributed by atoms with E-state index in [9.17, 15) is 4.79 Å². The van der Waals surface area contributed by atoms with Gasteiger partial charge in [-0.15, -0.1) is 24.8 Å². The summed E-state index contributed by atoms with van der Waals surface area (Å²) in [5.41, 5.74) is 6.25. The minimum atomic E-state index is 0. The summed E-state index contributed by atoms with van der Waals surface area (Å²) < 4.78 is 0. The van der Waals surface area contributed by atoms with Gasteiger partial charge in [-0.3, -0.25) is 9.69 Å². The molecule has 1 atom stereocenters. The predicted octanol–water partition coefficient (Wildman–Crippen LogP) is 1.49. The number of likely N-dealkylation sites (tertiary alicyclic amines) is 2. The van der Waals surface area contributed by atoms with Gasteiger partial charge < -0.3 is 16.0 Å². The zero-order chi connectivity index (χ0) is 15.5. The first-order valence-corrected chi connectivity index (χ1v) is 8.40. The average Bonchev–Trinajstić information content (AvgIpc) is 2.43. The highest BCUT2D eigenvalue weighted by Crippen LogP contribution is 2.27. The van der Waals surface area contributed by atoms with Gasteiger partial charge in [0.25, 0.3) is 0 Å². The van der Waals surface area contributed by atoms with Gasteiger partial charge in [-0.25, -0.2) is 0 Å². The van der Waals surface area contributed by atoms with Gasteiger partial charge in [-0.2, -0.15) is 0 Å². The lowest BCUT2D eigenvalue weighted by Gasteiger charge is -2.42. The molecule has 0 aromatic carbocycles. The normalized spacial score (nSPS) is 26.0. The van der Waals surface area contributed by atoms with E-state index in [0.29, 0.717) is 12.6 Å². The van der Waals surface area contributed by atoms with Gasteiger partial charge in [0.05, 0.1) is 6.54 Å². The summed E-state index contributed by atoms with van der Waals surface area (Å²) in [5, 5.41) is 3.21. The average molecular weight is 369 g/mol. The summed E-state index contributed by atoms with van der Waals surface area (Å²) in [7, 11) is 0. The van der Waals surface area contributed by atoms with Crippen molar-refractivity contribution in [2.24, 2.45) is 11.1 Å². The van der Waals surface area contributed by atoms with Gasteiger partial charge in [0.15, 0.2) is 0 Å². The van der Waals surface area contributed by atoms with Gasteiger partial charge in [0.1, 0.15) is 0 Å². The molecule has 2 aliphatic heterocycles. The maximum atomic E-state index is 12.2. The number of rotatable bonds is 4. The topological polar surface area (TPSA) is 61.6 Å². The van der Waals surface area contributed by atoms with Crippen LogP contribution in [-0.4, -0.2) is 67.1 Å². The molecule has 0 saturated carbocycles. The SMILES string of the molecule is CCN1CCC(NC(=O)CN2CCC(N)C(C)(C)C2)CC1.Cl.Cl. The quantitative estimate of drug-likeness (QED) is 0.788. The first-order valence-electron chi connectivity index (χ1n) is 8.40. The van der Waals surface area contributed by atoms with Crippen LogP contribution in [0.25, 0.3) is 0 Å². The van der Waals surface area contributed by atoms with Crippen molar-refractivity contribution in [3.8, 4) is 0 Å². The molecule has 0 bridgehead atoms. The molecule has 0 aromatic rings. The number of nitrogens with zero attached hydrogens (tertiary/aromatic N) is 2. The highest BCUT2D eigenvalue weighted by atomic mass is 35.5. The second-order valence-corrected chi connectivity index (χ2v) is 7.37. The Morgan fingerprint density at radius 1 is 1.13 bits per heavy atom. The Bertz CT molecular complexity index is 360. The van der Waals surface area contributed by atoms with Gasteiger partial charge in [-0.05, 0) is 31.2 Å². The highest BCUT2D eigenvalue weighted by molar-refractivity contribution is 5.85. The molecule has 23 heavy (non-hydrogen) atoms. The molecule has 2 saturated heterocycles. The van der Waals surface area contributed by atoms with Crippen LogP contribution in [0.3, 0.4) is 0 Å². The molecule has 2 aliphatic rings. The van der Waals surface area contributed by atoms with Gasteiger partial charge in [0.2, 0.25) is 5.91 Å². The van der Waals surface area contributed by atoms with E-state index in [-0.39, 0.29) is 42.2 Å². The molecule has 7 heteroatoms. The molecule has 1 unspecified atom stereocenters. The molecule has 0 aliphatic carbocycles. The molecule has 138 valence electrons. The number of amides is 1. The molecule has 3 N–H and O–H groups in total. The molecule has 5 nitrogen and oxygen atoms in total. The molecule has 0 aromatic heterocycles. The molecule has 2 fully saturated rings. The Morgan fingerprint density at radius 2 is 1.70 bits per heavy atom. The van der Waals surface area contributed by atoms with Gasteiger partial charge in [-0.1, -0.05) is 20.8 Å². The fourth-order valence-electron chi connectivity index (χ4n) is 3.49. The van der Waals surface area contributed by atoms with Crippen molar-refractivity contribution in [1.82, 2.24) is 15.1 Å². The minimum Gasteiger partial charge on any atom is -0.352 e. The lowest BCUT2D eigenvalue weighted by atomic mass is 9.80. The molecule has 2 rings (SSSR count). The summed E-state index contributed by atoms with van der Waals surface area (Å²) in [6.45, 7) is 12.3. The standard InChI is InChI=1S/C16H32N4O.2ClH/c1-4-19-8-5-13(6-9-19)18-15(21)11-20-10-7-14(17)16(2,3)12-20;;/h13-14H,4-12,17H2,1-3H3,(H,18,21);2*1H. The van der Waals surface area contributed by atoms with Crippen LogP contribution in [-0.2, 0) is 4.79 Å². The number of carbonyl (C=O) groups excluding carboxylic acids is 1. The summed E-state index contributed by atoms with van der Waals surface area (Å²) in [5.74, 6) is 0.177. The van der Waals surface area contributed by atoms with Crippen LogP contribution in [0.1, 0.15) is 40.0 Å². The van der Waals surface area contributed by atoms with E-state index in [2.05, 4.69) is 35.9 Å². The second-order valence-electron chi connectivity index (χ2n) is 7.37. The molecule has 2 heterocycles. The number of hydrogen-bond donors (Lipinski definition) is 2. The molecule has 1 amide bonds. The van der Waals surface area contributed by atoms with E-state index in [0.717, 1.165) is 52.0 Å². The Morgan fingerprint density at radius 3 is 2.22 bits per heavy atom. The summed E-state index contributed by atoms with van der Waals surface area (Å²) in [6.07, 6.45) is 3.14. The molecular weight excluding hydrogens is 335 g/mol. The van der Waals surface area contributed by atoms with Crippen LogP contribution in [0.5, 0.6) is 0 Å². The number of halogens is 2. The smallest absolute Gasteiger partial charge is 0.234 e. The van der Waals surface area contributed by atoms with Crippen LogP contribution in [0.15, 0.2) is 0 Å². The third-order valence-electron chi connectivity index (χ3n) is 5.16. The van der Waals surface area contributed by atoms with Gasteiger partial charge >= 0.3 is 0 Å². The highest BCUT2D eigenvalue weighted by Gasteiger charge is 2.34. The molecule has 0 spiro atoms. The van der Waals surface area contributed by atoms with Crippen molar-refractivity contribution in [2.45, 2.75) is 52.1 Å². The van der Waals surface area contributed by atoms with E-state index in [1.165, 1.54) is 0 Å². The Hall–Kier alpha value is -0.0700. The zero-order valence-corrected chi connectivity index (χ0v) is 16.3. The fourth-order valence-corrected chi connectivity index (χ4v) is 3.49. The predicted molar refractivity (Wildman–Crippen MR) is 101 cm³/mol. The van der Waals surface area contributed by atoms with Crippen LogP contribution in [0.2, 0.25) is 0 Å². The Balaban J connectivity index is 0.00000242. The van der Waals surface area contributed by atoms with E-state index in [4.69, 9.17) is 5.73 Å². The Kier molecular flexibility index (Phi) is 10.0. The number of piperidine rings is 2. The van der Waals surface area contributed by atoms with Crippen molar-refractivity contribution < 1.29 is 4.79 Å². The summed E-state index contributed by atoms with van der Waals surface area (Å²) in [6, 6.07) is 0.607. The fraction of sp³-hybridized carbons (Fsp3) is 0.938. The van der Waals surface area contributed by atoms with Crippen LogP contribution in [0, 0.1) is 5.41 Å². The number of carbonyl (C=O) groups is 1. The van der Waals surface area contributed by atoms with E-state index in [1.54, 1.807) is 0 Å². The number of nitrogens with two attached hydrogens (primary N) is 1. The maximum Gasteiger partial charge on any atom is 0.234 e.